The van der Waals surface area contributed by atoms with Gasteiger partial charge in [-0.15, -0.1) is 0 Å². The average molecular weight is 473 g/mol. The van der Waals surface area contributed by atoms with E-state index in [0.29, 0.717) is 11.4 Å². The second-order valence-electron chi connectivity index (χ2n) is 6.46. The van der Waals surface area contributed by atoms with E-state index >= 15 is 0 Å². The van der Waals surface area contributed by atoms with E-state index in [9.17, 15) is 18.4 Å². The van der Waals surface area contributed by atoms with Gasteiger partial charge in [-0.2, -0.15) is 0 Å². The van der Waals surface area contributed by atoms with Gasteiger partial charge in [0, 0.05) is 23.3 Å². The first-order valence-corrected chi connectivity index (χ1v) is 10.1. The summed E-state index contributed by atoms with van der Waals surface area (Å²) >= 11 is 11.9. The minimum Gasteiger partial charge on any atom is -0.321 e. The summed E-state index contributed by atoms with van der Waals surface area (Å²) in [7, 11) is 0. The van der Waals surface area contributed by atoms with Crippen molar-refractivity contribution in [2.75, 3.05) is 10.6 Å². The highest BCUT2D eigenvalue weighted by Gasteiger charge is 2.09. The quantitative estimate of drug-likeness (QED) is 0.398. The largest absolute Gasteiger partial charge is 0.321 e. The molecular formula is C24H16Cl2F2N2O2. The molecule has 0 fully saturated rings. The Hall–Kier alpha value is -3.48. The Morgan fingerprint density at radius 1 is 0.656 bits per heavy atom. The number of rotatable bonds is 6. The van der Waals surface area contributed by atoms with Crippen LogP contribution in [0.3, 0.4) is 0 Å². The minimum atomic E-state index is -0.559. The molecule has 0 aromatic heterocycles. The van der Waals surface area contributed by atoms with E-state index in [1.54, 1.807) is 24.3 Å². The minimum absolute atomic E-state index is 0.0860. The van der Waals surface area contributed by atoms with Crippen molar-refractivity contribution < 1.29 is 18.4 Å². The first-order chi connectivity index (χ1) is 15.3. The number of benzene rings is 3. The van der Waals surface area contributed by atoms with Gasteiger partial charge in [0.05, 0.1) is 21.4 Å². The van der Waals surface area contributed by atoms with Crippen molar-refractivity contribution in [1.29, 1.82) is 0 Å². The van der Waals surface area contributed by atoms with Gasteiger partial charge in [0.1, 0.15) is 11.6 Å². The highest BCUT2D eigenvalue weighted by molar-refractivity contribution is 6.32. The summed E-state index contributed by atoms with van der Waals surface area (Å²) in [5.41, 5.74) is 0.797. The van der Waals surface area contributed by atoms with Crippen molar-refractivity contribution in [3.05, 3.63) is 106 Å². The Bertz CT molecular complexity index is 1090. The number of halogens is 4. The maximum Gasteiger partial charge on any atom is 0.248 e. The van der Waals surface area contributed by atoms with E-state index < -0.39 is 23.4 Å². The average Bonchev–Trinajstić information content (AvgIpc) is 2.74. The lowest BCUT2D eigenvalue weighted by Gasteiger charge is -2.10. The van der Waals surface area contributed by atoms with Crippen LogP contribution in [0.1, 0.15) is 11.1 Å². The highest BCUT2D eigenvalue weighted by Crippen LogP contribution is 2.23. The molecule has 162 valence electrons. The molecule has 0 spiro atoms. The Morgan fingerprint density at radius 2 is 1.06 bits per heavy atom. The number of amides is 2. The third-order valence-corrected chi connectivity index (χ3v) is 4.90. The first kappa shape index (κ1) is 23.2. The zero-order valence-electron chi connectivity index (χ0n) is 16.4. The molecule has 0 radical (unpaired) electrons. The van der Waals surface area contributed by atoms with E-state index in [-0.39, 0.29) is 21.2 Å². The predicted molar refractivity (Wildman–Crippen MR) is 125 cm³/mol. The van der Waals surface area contributed by atoms with Crippen LogP contribution in [0, 0.1) is 11.6 Å². The molecule has 0 saturated heterocycles. The number of para-hydroxylation sites is 2. The molecule has 2 amide bonds. The lowest BCUT2D eigenvalue weighted by Crippen LogP contribution is -2.13. The third-order valence-electron chi connectivity index (χ3n) is 4.24. The van der Waals surface area contributed by atoms with Gasteiger partial charge < -0.3 is 10.6 Å². The molecule has 0 atom stereocenters. The molecule has 0 unspecified atom stereocenters. The van der Waals surface area contributed by atoms with Crippen molar-refractivity contribution in [2.24, 2.45) is 0 Å². The standard InChI is InChI=1S/C24H16Cl2F2N2O2/c25-17-5-3-7-19(27)15(17)11-13-23(31)29-21-9-1-2-10-22(21)30-24(32)14-12-16-18(26)6-4-8-20(16)28/h1-14H,(H,29,31)(H,30,32). The van der Waals surface area contributed by atoms with Crippen LogP contribution in [0.5, 0.6) is 0 Å². The molecular weight excluding hydrogens is 457 g/mol. The summed E-state index contributed by atoms with van der Waals surface area (Å²) in [5.74, 6) is -2.23. The Morgan fingerprint density at radius 3 is 1.44 bits per heavy atom. The summed E-state index contributed by atoms with van der Waals surface area (Å²) in [5, 5.41) is 5.55. The summed E-state index contributed by atoms with van der Waals surface area (Å²) in [6.45, 7) is 0. The smallest absolute Gasteiger partial charge is 0.248 e. The zero-order chi connectivity index (χ0) is 23.1. The highest BCUT2D eigenvalue weighted by atomic mass is 35.5. The van der Waals surface area contributed by atoms with E-state index in [2.05, 4.69) is 10.6 Å². The fourth-order valence-electron chi connectivity index (χ4n) is 2.71. The number of nitrogens with one attached hydrogen (secondary N) is 2. The Balaban J connectivity index is 1.70. The van der Waals surface area contributed by atoms with Gasteiger partial charge in [0.25, 0.3) is 0 Å². The van der Waals surface area contributed by atoms with Crippen LogP contribution in [0.15, 0.2) is 72.8 Å². The molecule has 0 aliphatic rings. The van der Waals surface area contributed by atoms with Crippen molar-refractivity contribution in [2.45, 2.75) is 0 Å². The van der Waals surface area contributed by atoms with Gasteiger partial charge in [-0.3, -0.25) is 9.59 Å². The molecule has 0 heterocycles. The molecule has 0 saturated carbocycles. The van der Waals surface area contributed by atoms with Crippen LogP contribution < -0.4 is 10.6 Å². The van der Waals surface area contributed by atoms with E-state index in [4.69, 9.17) is 23.2 Å². The molecule has 8 heteroatoms. The number of hydrogen-bond acceptors (Lipinski definition) is 2. The maximum absolute atomic E-state index is 13.8. The van der Waals surface area contributed by atoms with Crippen molar-refractivity contribution in [3.8, 4) is 0 Å². The fourth-order valence-corrected chi connectivity index (χ4v) is 3.16. The Labute approximate surface area is 193 Å². The van der Waals surface area contributed by atoms with Crippen molar-refractivity contribution >= 4 is 58.5 Å². The van der Waals surface area contributed by atoms with Crippen LogP contribution >= 0.6 is 23.2 Å². The maximum atomic E-state index is 13.8. The van der Waals surface area contributed by atoms with E-state index in [1.165, 1.54) is 48.6 Å². The molecule has 3 rings (SSSR count). The summed E-state index contributed by atoms with van der Waals surface area (Å²) in [6, 6.07) is 14.9. The third kappa shape index (κ3) is 6.03. The molecule has 3 aromatic rings. The van der Waals surface area contributed by atoms with Crippen molar-refractivity contribution in [3.63, 3.8) is 0 Å². The molecule has 2 N–H and O–H groups in total. The number of hydrogen-bond donors (Lipinski definition) is 2. The van der Waals surface area contributed by atoms with Crippen molar-refractivity contribution in [1.82, 2.24) is 0 Å². The lowest BCUT2D eigenvalue weighted by molar-refractivity contribution is -0.112. The van der Waals surface area contributed by atoms with E-state index in [0.717, 1.165) is 12.2 Å². The summed E-state index contributed by atoms with van der Waals surface area (Å²) < 4.78 is 27.7. The van der Waals surface area contributed by atoms with Crippen LogP contribution in [0.2, 0.25) is 10.0 Å². The van der Waals surface area contributed by atoms with Crippen LogP contribution in [0.25, 0.3) is 12.2 Å². The zero-order valence-corrected chi connectivity index (χ0v) is 17.9. The molecule has 0 bridgehead atoms. The van der Waals surface area contributed by atoms with Gasteiger partial charge in [0.2, 0.25) is 11.8 Å². The van der Waals surface area contributed by atoms with Crippen LogP contribution in [0.4, 0.5) is 20.2 Å². The number of anilines is 2. The first-order valence-electron chi connectivity index (χ1n) is 9.30. The number of carbonyl (C=O) groups excluding carboxylic acids is 2. The fraction of sp³-hybridized carbons (Fsp3) is 0. The van der Waals surface area contributed by atoms with Crippen LogP contribution in [-0.2, 0) is 9.59 Å². The second-order valence-corrected chi connectivity index (χ2v) is 7.28. The predicted octanol–water partition coefficient (Wildman–Crippen LogP) is 6.58. The normalized spacial score (nSPS) is 11.1. The SMILES string of the molecule is O=C(C=Cc1c(F)cccc1Cl)Nc1ccccc1NC(=O)C=Cc1c(F)cccc1Cl. The molecule has 32 heavy (non-hydrogen) atoms. The molecule has 4 nitrogen and oxygen atoms in total. The lowest BCUT2D eigenvalue weighted by atomic mass is 10.2. The molecule has 3 aromatic carbocycles. The summed E-state index contributed by atoms with van der Waals surface area (Å²) in [6.07, 6.45) is 4.77. The summed E-state index contributed by atoms with van der Waals surface area (Å²) in [4.78, 5) is 24.6. The monoisotopic (exact) mass is 472 g/mol. The second kappa shape index (κ2) is 10.7. The van der Waals surface area contributed by atoms with Gasteiger partial charge in [-0.25, -0.2) is 8.78 Å². The van der Waals surface area contributed by atoms with Gasteiger partial charge in [0.15, 0.2) is 0 Å². The van der Waals surface area contributed by atoms with Gasteiger partial charge in [-0.1, -0.05) is 47.5 Å². The van der Waals surface area contributed by atoms with Gasteiger partial charge >= 0.3 is 0 Å². The topological polar surface area (TPSA) is 58.2 Å². The van der Waals surface area contributed by atoms with Crippen LogP contribution in [-0.4, -0.2) is 11.8 Å². The number of carbonyl (C=O) groups is 2. The molecule has 0 aliphatic heterocycles. The van der Waals surface area contributed by atoms with Gasteiger partial charge in [-0.05, 0) is 48.6 Å². The molecule has 0 aliphatic carbocycles. The Kier molecular flexibility index (Phi) is 7.76. The van der Waals surface area contributed by atoms with E-state index in [1.807, 2.05) is 0 Å².